The molecule has 0 unspecified atom stereocenters. The predicted molar refractivity (Wildman–Crippen MR) is 77.3 cm³/mol. The Morgan fingerprint density at radius 1 is 1.63 bits per heavy atom. The number of hydrogen-bond donors (Lipinski definition) is 1. The van der Waals surface area contributed by atoms with Crippen molar-refractivity contribution in [3.63, 3.8) is 0 Å². The Balaban J connectivity index is 1.69. The van der Waals surface area contributed by atoms with E-state index in [9.17, 15) is 4.79 Å². The van der Waals surface area contributed by atoms with Crippen LogP contribution >= 0.6 is 11.3 Å². The molecule has 2 amide bonds. The van der Waals surface area contributed by atoms with Gasteiger partial charge in [-0.2, -0.15) is 11.3 Å². The van der Waals surface area contributed by atoms with Gasteiger partial charge in [0.1, 0.15) is 0 Å². The fraction of sp³-hybridized carbons (Fsp3) is 0.643. The topological polar surface area (TPSA) is 41.6 Å². The summed E-state index contributed by atoms with van der Waals surface area (Å²) in [5, 5.41) is 7.03. The molecule has 2 heterocycles. The second kappa shape index (κ2) is 6.91. The van der Waals surface area contributed by atoms with Crippen molar-refractivity contribution in [1.82, 2.24) is 10.2 Å². The smallest absolute Gasteiger partial charge is 0.317 e. The van der Waals surface area contributed by atoms with Crippen LogP contribution in [0.25, 0.3) is 0 Å². The fourth-order valence-electron chi connectivity index (χ4n) is 2.06. The lowest BCUT2D eigenvalue weighted by Crippen LogP contribution is -2.38. The highest BCUT2D eigenvalue weighted by Gasteiger charge is 2.26. The van der Waals surface area contributed by atoms with Crippen molar-refractivity contribution >= 4 is 17.4 Å². The van der Waals surface area contributed by atoms with Crippen LogP contribution in [-0.2, 0) is 11.3 Å². The molecule has 5 heteroatoms. The summed E-state index contributed by atoms with van der Waals surface area (Å²) in [6, 6.07) is 2.05. The first-order valence-electron chi connectivity index (χ1n) is 6.80. The van der Waals surface area contributed by atoms with E-state index in [1.165, 1.54) is 0 Å². The first kappa shape index (κ1) is 14.3. The molecular weight excluding hydrogens is 260 g/mol. The number of thiophene rings is 1. The van der Waals surface area contributed by atoms with E-state index in [0.717, 1.165) is 25.1 Å². The molecule has 1 N–H and O–H groups in total. The standard InChI is InChI=1S/C14H22N2O2S/c1-11(2)9-18-13-3-5-16(8-13)14(17)15-7-12-4-6-19-10-12/h4,6,10-11,13H,3,5,7-9H2,1-2H3,(H,15,17)/t13-/m0/s1. The number of rotatable bonds is 5. The summed E-state index contributed by atoms with van der Waals surface area (Å²) in [5.74, 6) is 0.543. The first-order chi connectivity index (χ1) is 9.15. The van der Waals surface area contributed by atoms with Crippen LogP contribution in [0.2, 0.25) is 0 Å². The normalized spacial score (nSPS) is 19.1. The van der Waals surface area contributed by atoms with E-state index in [-0.39, 0.29) is 12.1 Å². The Bertz CT molecular complexity index is 392. The van der Waals surface area contributed by atoms with Gasteiger partial charge in [-0.15, -0.1) is 0 Å². The summed E-state index contributed by atoms with van der Waals surface area (Å²) in [4.78, 5) is 13.8. The van der Waals surface area contributed by atoms with Crippen LogP contribution in [0.1, 0.15) is 25.8 Å². The zero-order chi connectivity index (χ0) is 13.7. The van der Waals surface area contributed by atoms with E-state index in [1.807, 2.05) is 16.3 Å². The van der Waals surface area contributed by atoms with Gasteiger partial charge in [0.15, 0.2) is 0 Å². The average molecular weight is 282 g/mol. The van der Waals surface area contributed by atoms with Crippen LogP contribution in [0.3, 0.4) is 0 Å². The van der Waals surface area contributed by atoms with E-state index >= 15 is 0 Å². The lowest BCUT2D eigenvalue weighted by molar-refractivity contribution is 0.0436. The van der Waals surface area contributed by atoms with Crippen molar-refractivity contribution in [3.05, 3.63) is 22.4 Å². The van der Waals surface area contributed by atoms with Crippen molar-refractivity contribution < 1.29 is 9.53 Å². The molecule has 0 aromatic carbocycles. The highest BCUT2D eigenvalue weighted by atomic mass is 32.1. The molecule has 0 radical (unpaired) electrons. The van der Waals surface area contributed by atoms with Crippen LogP contribution in [0.5, 0.6) is 0 Å². The summed E-state index contributed by atoms with van der Waals surface area (Å²) in [6.07, 6.45) is 1.15. The number of amides is 2. The Morgan fingerprint density at radius 3 is 3.16 bits per heavy atom. The van der Waals surface area contributed by atoms with Crippen LogP contribution in [0, 0.1) is 5.92 Å². The second-order valence-corrected chi connectivity index (χ2v) is 6.15. The lowest BCUT2D eigenvalue weighted by Gasteiger charge is -2.18. The van der Waals surface area contributed by atoms with Gasteiger partial charge < -0.3 is 15.0 Å². The van der Waals surface area contributed by atoms with Crippen molar-refractivity contribution in [2.45, 2.75) is 32.9 Å². The molecule has 2 rings (SSSR count). The third kappa shape index (κ3) is 4.51. The molecule has 1 aliphatic heterocycles. The monoisotopic (exact) mass is 282 g/mol. The molecule has 1 aliphatic rings. The molecule has 0 saturated carbocycles. The highest BCUT2D eigenvalue weighted by molar-refractivity contribution is 7.07. The van der Waals surface area contributed by atoms with Gasteiger partial charge in [-0.3, -0.25) is 0 Å². The maximum atomic E-state index is 12.0. The SMILES string of the molecule is CC(C)CO[C@H]1CCN(C(=O)NCc2ccsc2)C1. The third-order valence-electron chi connectivity index (χ3n) is 3.12. The molecule has 0 aliphatic carbocycles. The molecule has 19 heavy (non-hydrogen) atoms. The molecule has 1 fully saturated rings. The van der Waals surface area contributed by atoms with E-state index in [2.05, 4.69) is 24.5 Å². The Morgan fingerprint density at radius 2 is 2.47 bits per heavy atom. The minimum Gasteiger partial charge on any atom is -0.376 e. The van der Waals surface area contributed by atoms with Crippen LogP contribution in [0.15, 0.2) is 16.8 Å². The number of carbonyl (C=O) groups excluding carboxylic acids is 1. The van der Waals surface area contributed by atoms with Crippen LogP contribution in [-0.4, -0.2) is 36.7 Å². The molecular formula is C14H22N2O2S. The largest absolute Gasteiger partial charge is 0.376 e. The van der Waals surface area contributed by atoms with E-state index < -0.39 is 0 Å². The van der Waals surface area contributed by atoms with Crippen LogP contribution < -0.4 is 5.32 Å². The minimum absolute atomic E-state index is 0.0156. The summed E-state index contributed by atoms with van der Waals surface area (Å²) >= 11 is 1.65. The third-order valence-corrected chi connectivity index (χ3v) is 3.85. The lowest BCUT2D eigenvalue weighted by atomic mass is 10.2. The van der Waals surface area contributed by atoms with Crippen molar-refractivity contribution in [2.75, 3.05) is 19.7 Å². The van der Waals surface area contributed by atoms with E-state index in [1.54, 1.807) is 11.3 Å². The maximum Gasteiger partial charge on any atom is 0.317 e. The first-order valence-corrected chi connectivity index (χ1v) is 7.75. The molecule has 0 spiro atoms. The van der Waals surface area contributed by atoms with Gasteiger partial charge in [-0.05, 0) is 34.7 Å². The van der Waals surface area contributed by atoms with Gasteiger partial charge in [0.25, 0.3) is 0 Å². The minimum atomic E-state index is 0.0156. The zero-order valence-corrected chi connectivity index (χ0v) is 12.4. The van der Waals surface area contributed by atoms with Gasteiger partial charge in [-0.1, -0.05) is 13.8 Å². The average Bonchev–Trinajstić information content (AvgIpc) is 3.04. The van der Waals surface area contributed by atoms with Crippen LogP contribution in [0.4, 0.5) is 4.79 Å². The summed E-state index contributed by atoms with van der Waals surface area (Å²) < 4.78 is 5.78. The Hall–Kier alpha value is -1.07. The summed E-state index contributed by atoms with van der Waals surface area (Å²) in [5.41, 5.74) is 1.16. The number of hydrogen-bond acceptors (Lipinski definition) is 3. The number of nitrogens with one attached hydrogen (secondary N) is 1. The molecule has 4 nitrogen and oxygen atoms in total. The number of urea groups is 1. The molecule has 1 saturated heterocycles. The quantitative estimate of drug-likeness (QED) is 0.902. The number of nitrogens with zero attached hydrogens (tertiary/aromatic N) is 1. The predicted octanol–water partition coefficient (Wildman–Crippen LogP) is 2.70. The number of carbonyl (C=O) groups is 1. The molecule has 1 aromatic heterocycles. The number of ether oxygens (including phenoxy) is 1. The van der Waals surface area contributed by atoms with E-state index in [4.69, 9.17) is 4.74 Å². The fourth-order valence-corrected chi connectivity index (χ4v) is 2.73. The second-order valence-electron chi connectivity index (χ2n) is 5.37. The van der Waals surface area contributed by atoms with Gasteiger partial charge in [0.05, 0.1) is 6.10 Å². The van der Waals surface area contributed by atoms with Gasteiger partial charge in [0.2, 0.25) is 0 Å². The molecule has 1 atom stereocenters. The molecule has 0 bridgehead atoms. The molecule has 1 aromatic rings. The van der Waals surface area contributed by atoms with Crippen molar-refractivity contribution in [1.29, 1.82) is 0 Å². The van der Waals surface area contributed by atoms with Gasteiger partial charge >= 0.3 is 6.03 Å². The maximum absolute atomic E-state index is 12.0. The van der Waals surface area contributed by atoms with Gasteiger partial charge in [0, 0.05) is 26.2 Å². The van der Waals surface area contributed by atoms with E-state index in [0.29, 0.717) is 19.0 Å². The van der Waals surface area contributed by atoms with Gasteiger partial charge in [-0.25, -0.2) is 4.79 Å². The zero-order valence-electron chi connectivity index (χ0n) is 11.6. The summed E-state index contributed by atoms with van der Waals surface area (Å²) in [7, 11) is 0. The Kier molecular flexibility index (Phi) is 5.22. The number of likely N-dealkylation sites (tertiary alicyclic amines) is 1. The molecule has 106 valence electrons. The highest BCUT2D eigenvalue weighted by Crippen LogP contribution is 2.14. The Labute approximate surface area is 118 Å². The van der Waals surface area contributed by atoms with Crippen molar-refractivity contribution in [2.24, 2.45) is 5.92 Å². The summed E-state index contributed by atoms with van der Waals surface area (Å²) in [6.45, 7) is 7.16. The van der Waals surface area contributed by atoms with Crippen molar-refractivity contribution in [3.8, 4) is 0 Å².